The highest BCUT2D eigenvalue weighted by Crippen LogP contribution is 2.23. The molecule has 0 aliphatic rings. The molecule has 0 aromatic heterocycles. The Kier molecular flexibility index (Phi) is 7.00. The predicted molar refractivity (Wildman–Crippen MR) is 91.5 cm³/mol. The molecule has 2 rings (SSSR count). The number of hydrogen-bond donors (Lipinski definition) is 2. The van der Waals surface area contributed by atoms with E-state index in [0.717, 1.165) is 36.6 Å². The molecule has 22 heavy (non-hydrogen) atoms. The fourth-order valence-electron chi connectivity index (χ4n) is 2.13. The number of nitrogens with one attached hydrogen (secondary N) is 1. The van der Waals surface area contributed by atoms with Gasteiger partial charge in [0, 0.05) is 11.4 Å². The van der Waals surface area contributed by atoms with Crippen molar-refractivity contribution in [1.82, 2.24) is 5.32 Å². The number of hydrogen-bond acceptors (Lipinski definition) is 3. The summed E-state index contributed by atoms with van der Waals surface area (Å²) in [4.78, 5) is 12.0. The molecule has 0 radical (unpaired) electrons. The first-order valence-electron chi connectivity index (χ1n) is 7.47. The quantitative estimate of drug-likeness (QED) is 0.541. The first-order chi connectivity index (χ1) is 10.8. The highest BCUT2D eigenvalue weighted by atomic mass is 32.2. The van der Waals surface area contributed by atoms with E-state index in [1.165, 1.54) is 5.56 Å². The summed E-state index contributed by atoms with van der Waals surface area (Å²) >= 11 is 1.62. The van der Waals surface area contributed by atoms with Crippen LogP contribution in [-0.4, -0.2) is 23.4 Å². The molecular weight excluding hydrogens is 294 g/mol. The Morgan fingerprint density at radius 3 is 2.50 bits per heavy atom. The third kappa shape index (κ3) is 5.54. The van der Waals surface area contributed by atoms with Crippen LogP contribution in [0.3, 0.4) is 0 Å². The maximum absolute atomic E-state index is 11.1. The fourth-order valence-corrected chi connectivity index (χ4v) is 3.19. The molecule has 0 atom stereocenters. The second-order valence-corrected chi connectivity index (χ2v) is 6.16. The molecule has 0 unspecified atom stereocenters. The molecule has 2 N–H and O–H groups in total. The summed E-state index contributed by atoms with van der Waals surface area (Å²) in [7, 11) is 0. The van der Waals surface area contributed by atoms with Gasteiger partial charge in [0.05, 0.1) is 5.56 Å². The van der Waals surface area contributed by atoms with E-state index in [0.29, 0.717) is 5.56 Å². The van der Waals surface area contributed by atoms with Crippen molar-refractivity contribution < 1.29 is 9.90 Å². The van der Waals surface area contributed by atoms with Crippen molar-refractivity contribution in [2.45, 2.75) is 24.3 Å². The maximum atomic E-state index is 11.1. The van der Waals surface area contributed by atoms with Gasteiger partial charge in [-0.15, -0.1) is 11.8 Å². The Morgan fingerprint density at radius 2 is 1.73 bits per heavy atom. The number of carboxylic acid groups (broad SMARTS) is 1. The first kappa shape index (κ1) is 16.6. The number of aromatic carboxylic acids is 1. The van der Waals surface area contributed by atoms with E-state index in [2.05, 4.69) is 17.4 Å². The molecule has 0 saturated heterocycles. The van der Waals surface area contributed by atoms with Crippen molar-refractivity contribution in [2.24, 2.45) is 0 Å². The molecule has 2 aromatic carbocycles. The van der Waals surface area contributed by atoms with Gasteiger partial charge < -0.3 is 10.4 Å². The van der Waals surface area contributed by atoms with Crippen molar-refractivity contribution in [3.8, 4) is 0 Å². The lowest BCUT2D eigenvalue weighted by Gasteiger charge is -2.06. The van der Waals surface area contributed by atoms with E-state index in [9.17, 15) is 4.79 Å². The minimum atomic E-state index is -0.854. The molecule has 0 amide bonds. The molecule has 0 aliphatic heterocycles. The highest BCUT2D eigenvalue weighted by molar-refractivity contribution is 7.99. The van der Waals surface area contributed by atoms with Gasteiger partial charge >= 0.3 is 5.97 Å². The molecule has 0 saturated carbocycles. The molecule has 0 aliphatic carbocycles. The van der Waals surface area contributed by atoms with Gasteiger partial charge in [-0.05, 0) is 42.8 Å². The van der Waals surface area contributed by atoms with Gasteiger partial charge in [-0.3, -0.25) is 0 Å². The summed E-state index contributed by atoms with van der Waals surface area (Å²) in [5.74, 6) is 0.0877. The second kappa shape index (κ2) is 9.28. The van der Waals surface area contributed by atoms with Crippen LogP contribution in [-0.2, 0) is 6.54 Å². The SMILES string of the molecule is O=C(O)c1ccccc1SCCCCNCc1ccccc1. The third-order valence-corrected chi connectivity index (χ3v) is 4.45. The highest BCUT2D eigenvalue weighted by Gasteiger charge is 2.08. The minimum absolute atomic E-state index is 0.398. The molecule has 4 heteroatoms. The monoisotopic (exact) mass is 315 g/mol. The molecule has 116 valence electrons. The van der Waals surface area contributed by atoms with Crippen LogP contribution in [0, 0.1) is 0 Å². The Bertz CT molecular complexity index is 587. The summed E-state index contributed by atoms with van der Waals surface area (Å²) in [6, 6.07) is 17.5. The number of unbranched alkanes of at least 4 members (excludes halogenated alkanes) is 1. The van der Waals surface area contributed by atoms with Crippen molar-refractivity contribution >= 4 is 17.7 Å². The third-order valence-electron chi connectivity index (χ3n) is 3.29. The maximum Gasteiger partial charge on any atom is 0.336 e. The Morgan fingerprint density at radius 1 is 1.00 bits per heavy atom. The predicted octanol–water partition coefficient (Wildman–Crippen LogP) is 4.05. The van der Waals surface area contributed by atoms with Crippen LogP contribution in [0.15, 0.2) is 59.5 Å². The zero-order valence-electron chi connectivity index (χ0n) is 12.5. The number of carbonyl (C=O) groups is 1. The number of thioether (sulfide) groups is 1. The van der Waals surface area contributed by atoms with Gasteiger partial charge in [-0.1, -0.05) is 42.5 Å². The van der Waals surface area contributed by atoms with Crippen LogP contribution in [0.5, 0.6) is 0 Å². The smallest absolute Gasteiger partial charge is 0.336 e. The van der Waals surface area contributed by atoms with Gasteiger partial charge in [0.15, 0.2) is 0 Å². The summed E-state index contributed by atoms with van der Waals surface area (Å²) in [5, 5.41) is 12.5. The first-order valence-corrected chi connectivity index (χ1v) is 8.45. The van der Waals surface area contributed by atoms with Crippen molar-refractivity contribution in [2.75, 3.05) is 12.3 Å². The summed E-state index contributed by atoms with van der Waals surface area (Å²) < 4.78 is 0. The minimum Gasteiger partial charge on any atom is -0.478 e. The normalized spacial score (nSPS) is 10.5. The Balaban J connectivity index is 1.61. The van der Waals surface area contributed by atoms with E-state index in [1.807, 2.05) is 30.3 Å². The molecule has 2 aromatic rings. The standard InChI is InChI=1S/C18H21NO2S/c20-18(21)16-10-4-5-11-17(16)22-13-7-6-12-19-14-15-8-2-1-3-9-15/h1-5,8-11,19H,6-7,12-14H2,(H,20,21). The Labute approximate surface area is 135 Å². The van der Waals surface area contributed by atoms with Gasteiger partial charge in [-0.25, -0.2) is 4.79 Å². The van der Waals surface area contributed by atoms with Crippen LogP contribution in [0.2, 0.25) is 0 Å². The van der Waals surface area contributed by atoms with Crippen LogP contribution in [0.25, 0.3) is 0 Å². The summed E-state index contributed by atoms with van der Waals surface area (Å²) in [6.07, 6.45) is 2.16. The van der Waals surface area contributed by atoms with E-state index in [-0.39, 0.29) is 0 Å². The van der Waals surface area contributed by atoms with Crippen LogP contribution in [0.1, 0.15) is 28.8 Å². The van der Waals surface area contributed by atoms with Gasteiger partial charge in [-0.2, -0.15) is 0 Å². The van der Waals surface area contributed by atoms with Gasteiger partial charge in [0.1, 0.15) is 0 Å². The molecule has 0 heterocycles. The lowest BCUT2D eigenvalue weighted by atomic mass is 10.2. The molecule has 0 spiro atoms. The number of benzene rings is 2. The average molecular weight is 315 g/mol. The lowest BCUT2D eigenvalue weighted by molar-refractivity contribution is 0.0693. The fraction of sp³-hybridized carbons (Fsp3) is 0.278. The van der Waals surface area contributed by atoms with Crippen LogP contribution < -0.4 is 5.32 Å². The van der Waals surface area contributed by atoms with Crippen molar-refractivity contribution in [1.29, 1.82) is 0 Å². The topological polar surface area (TPSA) is 49.3 Å². The number of carboxylic acids is 1. The summed E-state index contributed by atoms with van der Waals surface area (Å²) in [5.41, 5.74) is 1.70. The zero-order valence-corrected chi connectivity index (χ0v) is 13.3. The van der Waals surface area contributed by atoms with Gasteiger partial charge in [0.25, 0.3) is 0 Å². The molecule has 0 bridgehead atoms. The Hall–Kier alpha value is -1.78. The van der Waals surface area contributed by atoms with E-state index in [4.69, 9.17) is 5.11 Å². The van der Waals surface area contributed by atoms with E-state index < -0.39 is 5.97 Å². The van der Waals surface area contributed by atoms with Crippen molar-refractivity contribution in [3.05, 3.63) is 65.7 Å². The van der Waals surface area contributed by atoms with Gasteiger partial charge in [0.2, 0.25) is 0 Å². The van der Waals surface area contributed by atoms with Crippen LogP contribution in [0.4, 0.5) is 0 Å². The van der Waals surface area contributed by atoms with Crippen LogP contribution >= 0.6 is 11.8 Å². The second-order valence-electron chi connectivity index (χ2n) is 5.02. The summed E-state index contributed by atoms with van der Waals surface area (Å²) in [6.45, 7) is 1.88. The van der Waals surface area contributed by atoms with Crippen molar-refractivity contribution in [3.63, 3.8) is 0 Å². The lowest BCUT2D eigenvalue weighted by Crippen LogP contribution is -2.14. The number of rotatable bonds is 9. The zero-order chi connectivity index (χ0) is 15.6. The molecular formula is C18H21NO2S. The largest absolute Gasteiger partial charge is 0.478 e. The molecule has 3 nitrogen and oxygen atoms in total. The van der Waals surface area contributed by atoms with E-state index >= 15 is 0 Å². The van der Waals surface area contributed by atoms with E-state index in [1.54, 1.807) is 23.9 Å². The average Bonchev–Trinajstić information content (AvgIpc) is 2.55. The molecule has 0 fully saturated rings.